The third-order valence-electron chi connectivity index (χ3n) is 3.85. The van der Waals surface area contributed by atoms with E-state index in [9.17, 15) is 8.42 Å². The third kappa shape index (κ3) is 2.65. The molecule has 2 aromatic heterocycles. The molecular formula is C14H19N3O2S2. The van der Waals surface area contributed by atoms with Crippen molar-refractivity contribution in [3.63, 3.8) is 0 Å². The summed E-state index contributed by atoms with van der Waals surface area (Å²) in [6.07, 6.45) is 4.87. The molecule has 0 amide bonds. The van der Waals surface area contributed by atoms with Crippen LogP contribution in [-0.4, -0.2) is 29.0 Å². The summed E-state index contributed by atoms with van der Waals surface area (Å²) >= 11 is 1.60. The van der Waals surface area contributed by atoms with Gasteiger partial charge in [-0.1, -0.05) is 0 Å². The number of nitrogens with zero attached hydrogens (tertiary/aromatic N) is 3. The molecule has 1 fully saturated rings. The van der Waals surface area contributed by atoms with Crippen molar-refractivity contribution in [2.75, 3.05) is 6.54 Å². The molecule has 0 saturated carbocycles. The van der Waals surface area contributed by atoms with E-state index < -0.39 is 10.0 Å². The Hall–Kier alpha value is -1.18. The first-order chi connectivity index (χ1) is 10.00. The predicted molar refractivity (Wildman–Crippen MR) is 82.8 cm³/mol. The molecule has 0 N–H and O–H groups in total. The second kappa shape index (κ2) is 5.55. The Morgan fingerprint density at radius 2 is 2.24 bits per heavy atom. The summed E-state index contributed by atoms with van der Waals surface area (Å²) in [6, 6.07) is 2.13. The van der Waals surface area contributed by atoms with E-state index in [1.807, 2.05) is 30.7 Å². The van der Waals surface area contributed by atoms with Crippen molar-refractivity contribution in [1.29, 1.82) is 0 Å². The highest BCUT2D eigenvalue weighted by molar-refractivity contribution is 7.89. The lowest BCUT2D eigenvalue weighted by Crippen LogP contribution is -2.30. The Kier molecular flexibility index (Phi) is 3.90. The molecule has 3 heterocycles. The maximum absolute atomic E-state index is 12.9. The van der Waals surface area contributed by atoms with E-state index in [0.717, 1.165) is 18.4 Å². The summed E-state index contributed by atoms with van der Waals surface area (Å²) in [7, 11) is -3.47. The fraction of sp³-hybridized carbons (Fsp3) is 0.500. The number of thiophene rings is 1. The summed E-state index contributed by atoms with van der Waals surface area (Å²) in [4.78, 5) is 0.290. The molecule has 1 atom stereocenters. The summed E-state index contributed by atoms with van der Waals surface area (Å²) in [5, 5.41) is 8.19. The minimum absolute atomic E-state index is 0.0383. The van der Waals surface area contributed by atoms with Crippen molar-refractivity contribution < 1.29 is 8.42 Å². The van der Waals surface area contributed by atoms with Gasteiger partial charge in [-0.15, -0.1) is 0 Å². The van der Waals surface area contributed by atoms with Gasteiger partial charge in [0.15, 0.2) is 0 Å². The van der Waals surface area contributed by atoms with Gasteiger partial charge in [-0.2, -0.15) is 20.7 Å². The summed E-state index contributed by atoms with van der Waals surface area (Å²) < 4.78 is 29.0. The maximum Gasteiger partial charge on any atom is 0.246 e. The van der Waals surface area contributed by atoms with Crippen LogP contribution in [0.1, 0.15) is 44.3 Å². The SMILES string of the molecule is CC(C)n1cc(S(=O)(=O)N2CCC[C@H]2c2ccsc2)cn1. The van der Waals surface area contributed by atoms with E-state index in [1.54, 1.807) is 26.5 Å². The van der Waals surface area contributed by atoms with Gasteiger partial charge in [0.25, 0.3) is 0 Å². The zero-order chi connectivity index (χ0) is 15.0. The molecule has 21 heavy (non-hydrogen) atoms. The Labute approximate surface area is 129 Å². The van der Waals surface area contributed by atoms with E-state index in [1.165, 1.54) is 6.20 Å². The summed E-state index contributed by atoms with van der Waals surface area (Å²) in [6.45, 7) is 4.54. The van der Waals surface area contributed by atoms with Crippen molar-refractivity contribution in [1.82, 2.24) is 14.1 Å². The molecule has 0 aliphatic carbocycles. The Bertz CT molecular complexity index is 704. The van der Waals surface area contributed by atoms with Crippen LogP contribution in [0.15, 0.2) is 34.1 Å². The second-order valence-electron chi connectivity index (χ2n) is 5.58. The quantitative estimate of drug-likeness (QED) is 0.868. The first kappa shape index (κ1) is 14.7. The molecular weight excluding hydrogens is 306 g/mol. The largest absolute Gasteiger partial charge is 0.269 e. The first-order valence-corrected chi connectivity index (χ1v) is 9.46. The van der Waals surface area contributed by atoms with Crippen LogP contribution in [0.4, 0.5) is 0 Å². The highest BCUT2D eigenvalue weighted by Gasteiger charge is 2.37. The van der Waals surface area contributed by atoms with Crippen LogP contribution in [0.5, 0.6) is 0 Å². The molecule has 5 nitrogen and oxygen atoms in total. The molecule has 1 saturated heterocycles. The topological polar surface area (TPSA) is 55.2 Å². The van der Waals surface area contributed by atoms with E-state index in [4.69, 9.17) is 0 Å². The van der Waals surface area contributed by atoms with Crippen LogP contribution in [0.2, 0.25) is 0 Å². The smallest absolute Gasteiger partial charge is 0.246 e. The Balaban J connectivity index is 1.93. The molecule has 1 aliphatic heterocycles. The van der Waals surface area contributed by atoms with E-state index in [0.29, 0.717) is 11.4 Å². The van der Waals surface area contributed by atoms with Gasteiger partial charge in [0.1, 0.15) is 4.90 Å². The third-order valence-corrected chi connectivity index (χ3v) is 6.41. The summed E-state index contributed by atoms with van der Waals surface area (Å²) in [5.41, 5.74) is 1.09. The van der Waals surface area contributed by atoms with Crippen molar-refractivity contribution in [3.8, 4) is 0 Å². The molecule has 3 rings (SSSR count). The molecule has 0 bridgehead atoms. The summed E-state index contributed by atoms with van der Waals surface area (Å²) in [5.74, 6) is 0. The van der Waals surface area contributed by atoms with Gasteiger partial charge in [0, 0.05) is 18.8 Å². The fourth-order valence-corrected chi connectivity index (χ4v) is 5.03. The van der Waals surface area contributed by atoms with Crippen molar-refractivity contribution in [2.45, 2.75) is 43.7 Å². The molecule has 0 radical (unpaired) electrons. The molecule has 0 unspecified atom stereocenters. The van der Waals surface area contributed by atoms with Gasteiger partial charge < -0.3 is 0 Å². The normalized spacial score (nSPS) is 20.4. The van der Waals surface area contributed by atoms with Gasteiger partial charge in [0.2, 0.25) is 10.0 Å². The average Bonchev–Trinajstić information content (AvgIpc) is 3.19. The van der Waals surface area contributed by atoms with Gasteiger partial charge in [-0.3, -0.25) is 4.68 Å². The molecule has 114 valence electrons. The highest BCUT2D eigenvalue weighted by atomic mass is 32.2. The molecule has 0 spiro atoms. The van der Waals surface area contributed by atoms with Crippen molar-refractivity contribution in [2.24, 2.45) is 0 Å². The van der Waals surface area contributed by atoms with Crippen LogP contribution in [0.3, 0.4) is 0 Å². The molecule has 7 heteroatoms. The number of sulfonamides is 1. The maximum atomic E-state index is 12.9. The van der Waals surface area contributed by atoms with E-state index in [2.05, 4.69) is 5.10 Å². The number of hydrogen-bond donors (Lipinski definition) is 0. The Morgan fingerprint density at radius 1 is 1.43 bits per heavy atom. The second-order valence-corrected chi connectivity index (χ2v) is 8.25. The highest BCUT2D eigenvalue weighted by Crippen LogP contribution is 2.37. The number of hydrogen-bond acceptors (Lipinski definition) is 4. The molecule has 0 aromatic carbocycles. The fourth-order valence-electron chi connectivity index (χ4n) is 2.70. The average molecular weight is 325 g/mol. The minimum atomic E-state index is -3.47. The van der Waals surface area contributed by atoms with Gasteiger partial charge in [-0.25, -0.2) is 8.42 Å². The van der Waals surface area contributed by atoms with Crippen LogP contribution < -0.4 is 0 Å². The lowest BCUT2D eigenvalue weighted by molar-refractivity contribution is 0.397. The van der Waals surface area contributed by atoms with Crippen LogP contribution in [0, 0.1) is 0 Å². The van der Waals surface area contributed by atoms with Crippen molar-refractivity contribution in [3.05, 3.63) is 34.8 Å². The predicted octanol–water partition coefficient (Wildman–Crippen LogP) is 3.05. The van der Waals surface area contributed by atoms with E-state index >= 15 is 0 Å². The lowest BCUT2D eigenvalue weighted by atomic mass is 10.1. The van der Waals surface area contributed by atoms with Crippen LogP contribution >= 0.6 is 11.3 Å². The van der Waals surface area contributed by atoms with Crippen LogP contribution in [0.25, 0.3) is 0 Å². The van der Waals surface area contributed by atoms with Crippen molar-refractivity contribution >= 4 is 21.4 Å². The first-order valence-electron chi connectivity index (χ1n) is 7.08. The van der Waals surface area contributed by atoms with E-state index in [-0.39, 0.29) is 12.1 Å². The molecule has 1 aliphatic rings. The lowest BCUT2D eigenvalue weighted by Gasteiger charge is -2.22. The van der Waals surface area contributed by atoms with Gasteiger partial charge in [0.05, 0.1) is 12.2 Å². The van der Waals surface area contributed by atoms with Gasteiger partial charge >= 0.3 is 0 Å². The minimum Gasteiger partial charge on any atom is -0.269 e. The zero-order valence-corrected chi connectivity index (χ0v) is 13.8. The zero-order valence-electron chi connectivity index (χ0n) is 12.1. The Morgan fingerprint density at radius 3 is 2.86 bits per heavy atom. The molecule has 2 aromatic rings. The van der Waals surface area contributed by atoms with Gasteiger partial charge in [-0.05, 0) is 49.1 Å². The standard InChI is InChI=1S/C14H19N3O2S2/c1-11(2)16-9-13(8-15-16)21(18,19)17-6-3-4-14(17)12-5-7-20-10-12/h5,7-11,14H,3-4,6H2,1-2H3/t14-/m0/s1. The number of aromatic nitrogens is 2. The monoisotopic (exact) mass is 325 g/mol. The van der Waals surface area contributed by atoms with Crippen LogP contribution in [-0.2, 0) is 10.0 Å². The number of rotatable bonds is 4.